The van der Waals surface area contributed by atoms with Crippen molar-refractivity contribution in [2.75, 3.05) is 18.1 Å². The lowest BCUT2D eigenvalue weighted by atomic mass is 9.92. The van der Waals surface area contributed by atoms with Gasteiger partial charge in [-0.25, -0.2) is 8.42 Å². The van der Waals surface area contributed by atoms with E-state index in [9.17, 15) is 8.42 Å². The Morgan fingerprint density at radius 1 is 1.37 bits per heavy atom. The molecule has 0 aliphatic carbocycles. The molecule has 2 unspecified atom stereocenters. The number of hydrogen-bond acceptors (Lipinski definition) is 3. The molecule has 1 saturated heterocycles. The van der Waals surface area contributed by atoms with E-state index in [1.54, 1.807) is 0 Å². The zero-order valence-electron chi connectivity index (χ0n) is 11.7. The van der Waals surface area contributed by atoms with Crippen molar-refractivity contribution in [2.24, 2.45) is 5.92 Å². The lowest BCUT2D eigenvalue weighted by Gasteiger charge is -2.23. The minimum Gasteiger partial charge on any atom is -0.310 e. The maximum Gasteiger partial charge on any atom is 0.150 e. The van der Waals surface area contributed by atoms with Crippen molar-refractivity contribution in [3.05, 3.63) is 35.4 Å². The molecule has 1 aromatic carbocycles. The van der Waals surface area contributed by atoms with E-state index in [1.807, 2.05) is 6.07 Å². The van der Waals surface area contributed by atoms with Crippen molar-refractivity contribution in [2.45, 2.75) is 32.7 Å². The van der Waals surface area contributed by atoms with Crippen LogP contribution in [0.1, 0.15) is 36.9 Å². The Bertz CT molecular complexity index is 525. The zero-order chi connectivity index (χ0) is 13.9. The lowest BCUT2D eigenvalue weighted by Crippen LogP contribution is -2.24. The largest absolute Gasteiger partial charge is 0.310 e. The predicted octanol–water partition coefficient (Wildman–Crippen LogP) is 2.47. The minimum atomic E-state index is -2.78. The van der Waals surface area contributed by atoms with E-state index in [4.69, 9.17) is 0 Å². The highest BCUT2D eigenvalue weighted by molar-refractivity contribution is 7.91. The van der Waals surface area contributed by atoms with Crippen molar-refractivity contribution >= 4 is 9.84 Å². The van der Waals surface area contributed by atoms with Crippen molar-refractivity contribution < 1.29 is 8.42 Å². The maximum atomic E-state index is 11.6. The highest BCUT2D eigenvalue weighted by Gasteiger charge is 2.30. The molecule has 0 radical (unpaired) electrons. The molecule has 19 heavy (non-hydrogen) atoms. The highest BCUT2D eigenvalue weighted by Crippen LogP contribution is 2.30. The summed E-state index contributed by atoms with van der Waals surface area (Å²) in [7, 11) is -2.78. The molecular formula is C15H23NO2S. The van der Waals surface area contributed by atoms with E-state index in [2.05, 4.69) is 37.4 Å². The fourth-order valence-electron chi connectivity index (χ4n) is 2.94. The van der Waals surface area contributed by atoms with Crippen LogP contribution in [-0.2, 0) is 9.84 Å². The van der Waals surface area contributed by atoms with Crippen LogP contribution in [0.5, 0.6) is 0 Å². The number of hydrogen-bond donors (Lipinski definition) is 1. The molecule has 0 amide bonds. The summed E-state index contributed by atoms with van der Waals surface area (Å²) in [6.07, 6.45) is 1.73. The quantitative estimate of drug-likeness (QED) is 0.902. The van der Waals surface area contributed by atoms with Gasteiger partial charge in [0.2, 0.25) is 0 Å². The van der Waals surface area contributed by atoms with Crippen molar-refractivity contribution in [3.63, 3.8) is 0 Å². The standard InChI is InChI=1S/C15H23NO2S/c1-3-16-15(14-7-5-4-6-12(14)2)10-13-8-9-19(17,18)11-13/h4-7,13,15-16H,3,8-11H2,1-2H3. The summed E-state index contributed by atoms with van der Waals surface area (Å²) in [5.74, 6) is 1.03. The fourth-order valence-corrected chi connectivity index (χ4v) is 4.82. The van der Waals surface area contributed by atoms with E-state index < -0.39 is 9.84 Å². The Labute approximate surface area is 116 Å². The van der Waals surface area contributed by atoms with Crippen LogP contribution in [0.2, 0.25) is 0 Å². The number of rotatable bonds is 5. The van der Waals surface area contributed by atoms with Crippen LogP contribution in [0.25, 0.3) is 0 Å². The molecule has 2 rings (SSSR count). The second kappa shape index (κ2) is 6.06. The molecule has 106 valence electrons. The monoisotopic (exact) mass is 281 g/mol. The van der Waals surface area contributed by atoms with Crippen LogP contribution in [0, 0.1) is 12.8 Å². The summed E-state index contributed by atoms with van der Waals surface area (Å²) < 4.78 is 23.1. The first kappa shape index (κ1) is 14.5. The van der Waals surface area contributed by atoms with Crippen LogP contribution >= 0.6 is 0 Å². The number of benzene rings is 1. The van der Waals surface area contributed by atoms with Crippen molar-refractivity contribution in [3.8, 4) is 0 Å². The van der Waals surface area contributed by atoms with Gasteiger partial charge in [0.1, 0.15) is 0 Å². The van der Waals surface area contributed by atoms with E-state index in [0.29, 0.717) is 17.4 Å². The van der Waals surface area contributed by atoms with Gasteiger partial charge >= 0.3 is 0 Å². The molecule has 1 N–H and O–H groups in total. The molecule has 0 aromatic heterocycles. The lowest BCUT2D eigenvalue weighted by molar-refractivity contribution is 0.420. The van der Waals surface area contributed by atoms with Gasteiger partial charge in [0.25, 0.3) is 0 Å². The highest BCUT2D eigenvalue weighted by atomic mass is 32.2. The second-order valence-electron chi connectivity index (χ2n) is 5.47. The molecule has 4 heteroatoms. The summed E-state index contributed by atoms with van der Waals surface area (Å²) in [5.41, 5.74) is 2.57. The third kappa shape index (κ3) is 3.80. The van der Waals surface area contributed by atoms with Gasteiger partial charge in [-0.1, -0.05) is 31.2 Å². The van der Waals surface area contributed by atoms with E-state index in [-0.39, 0.29) is 6.04 Å². The van der Waals surface area contributed by atoms with Gasteiger partial charge in [-0.2, -0.15) is 0 Å². The molecular weight excluding hydrogens is 258 g/mol. The fraction of sp³-hybridized carbons (Fsp3) is 0.600. The van der Waals surface area contributed by atoms with E-state index >= 15 is 0 Å². The van der Waals surface area contributed by atoms with Gasteiger partial charge in [-0.05, 0) is 43.4 Å². The van der Waals surface area contributed by atoms with Gasteiger partial charge < -0.3 is 5.32 Å². The van der Waals surface area contributed by atoms with Crippen LogP contribution in [0.4, 0.5) is 0 Å². The molecule has 1 fully saturated rings. The number of aryl methyl sites for hydroxylation is 1. The molecule has 1 aromatic rings. The summed E-state index contributed by atoms with van der Waals surface area (Å²) >= 11 is 0. The van der Waals surface area contributed by atoms with Crippen LogP contribution in [0.15, 0.2) is 24.3 Å². The van der Waals surface area contributed by atoms with Gasteiger partial charge in [0.05, 0.1) is 11.5 Å². The van der Waals surface area contributed by atoms with Gasteiger partial charge in [0.15, 0.2) is 9.84 Å². The summed E-state index contributed by atoms with van der Waals surface area (Å²) in [5, 5.41) is 3.50. The average molecular weight is 281 g/mol. The van der Waals surface area contributed by atoms with Crippen LogP contribution < -0.4 is 5.32 Å². The first-order valence-corrected chi connectivity index (χ1v) is 8.83. The molecule has 0 bridgehead atoms. The number of nitrogens with one attached hydrogen (secondary N) is 1. The van der Waals surface area contributed by atoms with E-state index in [0.717, 1.165) is 19.4 Å². The average Bonchev–Trinajstić information content (AvgIpc) is 2.69. The molecule has 1 aliphatic rings. The van der Waals surface area contributed by atoms with Gasteiger partial charge in [-0.15, -0.1) is 0 Å². The molecule has 3 nitrogen and oxygen atoms in total. The minimum absolute atomic E-state index is 0.268. The van der Waals surface area contributed by atoms with Gasteiger partial charge in [0, 0.05) is 6.04 Å². The SMILES string of the molecule is CCNC(CC1CCS(=O)(=O)C1)c1ccccc1C. The normalized spacial score (nSPS) is 23.4. The Balaban J connectivity index is 2.11. The van der Waals surface area contributed by atoms with Crippen molar-refractivity contribution in [1.82, 2.24) is 5.32 Å². The smallest absolute Gasteiger partial charge is 0.150 e. The first-order chi connectivity index (χ1) is 9.02. The third-order valence-corrected chi connectivity index (χ3v) is 5.75. The molecule has 1 heterocycles. The van der Waals surface area contributed by atoms with Crippen LogP contribution in [-0.4, -0.2) is 26.5 Å². The Morgan fingerprint density at radius 3 is 2.68 bits per heavy atom. The Kier molecular flexibility index (Phi) is 4.63. The second-order valence-corrected chi connectivity index (χ2v) is 7.70. The van der Waals surface area contributed by atoms with E-state index in [1.165, 1.54) is 11.1 Å². The topological polar surface area (TPSA) is 46.2 Å². The first-order valence-electron chi connectivity index (χ1n) is 7.01. The molecule has 0 saturated carbocycles. The molecule has 1 aliphatic heterocycles. The summed E-state index contributed by atoms with van der Waals surface area (Å²) in [4.78, 5) is 0. The Hall–Kier alpha value is -0.870. The summed E-state index contributed by atoms with van der Waals surface area (Å²) in [6.45, 7) is 5.11. The van der Waals surface area contributed by atoms with Crippen molar-refractivity contribution in [1.29, 1.82) is 0 Å². The number of sulfone groups is 1. The predicted molar refractivity (Wildman–Crippen MR) is 79.0 cm³/mol. The van der Waals surface area contributed by atoms with Crippen LogP contribution in [0.3, 0.4) is 0 Å². The molecule has 2 atom stereocenters. The maximum absolute atomic E-state index is 11.6. The summed E-state index contributed by atoms with van der Waals surface area (Å²) in [6, 6.07) is 8.63. The zero-order valence-corrected chi connectivity index (χ0v) is 12.5. The molecule has 0 spiro atoms. The van der Waals surface area contributed by atoms with Gasteiger partial charge in [-0.3, -0.25) is 0 Å². The Morgan fingerprint density at radius 2 is 2.11 bits per heavy atom. The third-order valence-electron chi connectivity index (χ3n) is 3.91.